The van der Waals surface area contributed by atoms with Crippen molar-refractivity contribution in [3.05, 3.63) is 12.2 Å². The van der Waals surface area contributed by atoms with Gasteiger partial charge in [-0.1, -0.05) is 26.0 Å². The fourth-order valence-corrected chi connectivity index (χ4v) is 3.18. The van der Waals surface area contributed by atoms with Gasteiger partial charge in [0.15, 0.2) is 5.96 Å². The van der Waals surface area contributed by atoms with E-state index in [9.17, 15) is 0 Å². The second-order valence-electron chi connectivity index (χ2n) is 6.85. The molecule has 5 heteroatoms. The van der Waals surface area contributed by atoms with Crippen molar-refractivity contribution in [3.8, 4) is 0 Å². The van der Waals surface area contributed by atoms with Crippen molar-refractivity contribution in [2.45, 2.75) is 53.0 Å². The first-order valence-electron chi connectivity index (χ1n) is 9.72. The minimum absolute atomic E-state index is 0.530. The molecule has 2 N–H and O–H groups in total. The summed E-state index contributed by atoms with van der Waals surface area (Å²) in [5.74, 6) is 0.975. The van der Waals surface area contributed by atoms with Crippen LogP contribution < -0.4 is 10.6 Å². The molecule has 0 unspecified atom stereocenters. The van der Waals surface area contributed by atoms with E-state index in [0.29, 0.717) is 6.04 Å². The molecule has 0 atom stereocenters. The van der Waals surface area contributed by atoms with Gasteiger partial charge < -0.3 is 15.5 Å². The molecule has 0 spiro atoms. The minimum Gasteiger partial charge on any atom is -0.357 e. The molecule has 0 aromatic rings. The predicted octanol–water partition coefficient (Wildman–Crippen LogP) is 2.31. The molecular formula is C19H39N5. The van der Waals surface area contributed by atoms with E-state index in [4.69, 9.17) is 4.99 Å². The van der Waals surface area contributed by atoms with Gasteiger partial charge in [-0.3, -0.25) is 9.89 Å². The summed E-state index contributed by atoms with van der Waals surface area (Å²) in [5.41, 5.74) is 1.25. The molecule has 1 saturated heterocycles. The molecular weight excluding hydrogens is 298 g/mol. The van der Waals surface area contributed by atoms with Crippen LogP contribution in [-0.4, -0.2) is 74.2 Å². The summed E-state index contributed by atoms with van der Waals surface area (Å²) in [5, 5.41) is 7.02. The highest BCUT2D eigenvalue weighted by Gasteiger charge is 2.19. The van der Waals surface area contributed by atoms with Crippen LogP contribution in [0, 0.1) is 0 Å². The Bertz CT molecular complexity index is 372. The Kier molecular flexibility index (Phi) is 10.8. The minimum atomic E-state index is 0.530. The van der Waals surface area contributed by atoms with Crippen molar-refractivity contribution >= 4 is 5.96 Å². The molecule has 24 heavy (non-hydrogen) atoms. The molecule has 0 saturated carbocycles. The molecule has 0 aromatic carbocycles. The second-order valence-corrected chi connectivity index (χ2v) is 6.85. The first-order chi connectivity index (χ1) is 11.6. The molecule has 0 aliphatic carbocycles. The number of aliphatic imine (C=N–C) groups is 1. The molecule has 140 valence electrons. The highest BCUT2D eigenvalue weighted by molar-refractivity contribution is 5.80. The normalized spacial score (nSPS) is 17.3. The van der Waals surface area contributed by atoms with Crippen LogP contribution in [0.3, 0.4) is 0 Å². The van der Waals surface area contributed by atoms with Crippen molar-refractivity contribution in [2.75, 3.05) is 52.4 Å². The summed E-state index contributed by atoms with van der Waals surface area (Å²) in [6.07, 6.45) is 3.56. The number of piperidine rings is 1. The zero-order valence-corrected chi connectivity index (χ0v) is 16.4. The van der Waals surface area contributed by atoms with Crippen molar-refractivity contribution in [3.63, 3.8) is 0 Å². The number of likely N-dealkylation sites (tertiary alicyclic amines) is 1. The SMILES string of the molecule is C=C(C)CN1CCC(NC(=NCCN(CC)CCC)NCC)CC1. The average molecular weight is 338 g/mol. The van der Waals surface area contributed by atoms with Crippen LogP contribution in [0.4, 0.5) is 0 Å². The fraction of sp³-hybridized carbons (Fsp3) is 0.842. The molecule has 0 amide bonds. The predicted molar refractivity (Wildman–Crippen MR) is 106 cm³/mol. The zero-order valence-electron chi connectivity index (χ0n) is 16.4. The number of hydrogen-bond donors (Lipinski definition) is 2. The van der Waals surface area contributed by atoms with E-state index in [0.717, 1.165) is 58.3 Å². The van der Waals surface area contributed by atoms with E-state index in [1.54, 1.807) is 0 Å². The van der Waals surface area contributed by atoms with E-state index < -0.39 is 0 Å². The largest absolute Gasteiger partial charge is 0.357 e. The third kappa shape index (κ3) is 8.69. The number of rotatable bonds is 10. The Morgan fingerprint density at radius 2 is 1.92 bits per heavy atom. The van der Waals surface area contributed by atoms with Crippen LogP contribution in [0.1, 0.15) is 47.0 Å². The smallest absolute Gasteiger partial charge is 0.191 e. The van der Waals surface area contributed by atoms with E-state index in [-0.39, 0.29) is 0 Å². The molecule has 0 radical (unpaired) electrons. The molecule has 5 nitrogen and oxygen atoms in total. The van der Waals surface area contributed by atoms with Crippen LogP contribution in [0.5, 0.6) is 0 Å². The molecule has 0 aromatic heterocycles. The molecule has 1 rings (SSSR count). The molecule has 0 bridgehead atoms. The maximum Gasteiger partial charge on any atom is 0.191 e. The van der Waals surface area contributed by atoms with Gasteiger partial charge in [0, 0.05) is 38.8 Å². The van der Waals surface area contributed by atoms with Gasteiger partial charge in [0.05, 0.1) is 6.54 Å². The van der Waals surface area contributed by atoms with Gasteiger partial charge >= 0.3 is 0 Å². The van der Waals surface area contributed by atoms with Crippen molar-refractivity contribution < 1.29 is 0 Å². The van der Waals surface area contributed by atoms with E-state index in [2.05, 4.69) is 54.7 Å². The number of guanidine groups is 1. The van der Waals surface area contributed by atoms with Gasteiger partial charge in [0.1, 0.15) is 0 Å². The highest BCUT2D eigenvalue weighted by Crippen LogP contribution is 2.11. The van der Waals surface area contributed by atoms with Crippen molar-refractivity contribution in [1.82, 2.24) is 20.4 Å². The van der Waals surface area contributed by atoms with Gasteiger partial charge in [-0.05, 0) is 46.2 Å². The Balaban J connectivity index is 2.39. The maximum absolute atomic E-state index is 4.77. The van der Waals surface area contributed by atoms with Gasteiger partial charge in [-0.2, -0.15) is 0 Å². The Labute approximate surface area is 149 Å². The number of likely N-dealkylation sites (N-methyl/N-ethyl adjacent to an activating group) is 1. The summed E-state index contributed by atoms with van der Waals surface area (Å²) < 4.78 is 0. The van der Waals surface area contributed by atoms with Gasteiger partial charge in [-0.25, -0.2) is 0 Å². The zero-order chi connectivity index (χ0) is 17.8. The van der Waals surface area contributed by atoms with E-state index in [1.807, 2.05) is 0 Å². The topological polar surface area (TPSA) is 42.9 Å². The highest BCUT2D eigenvalue weighted by atomic mass is 15.2. The van der Waals surface area contributed by atoms with Crippen LogP contribution in [0.25, 0.3) is 0 Å². The Hall–Kier alpha value is -1.07. The summed E-state index contributed by atoms with van der Waals surface area (Å²) in [4.78, 5) is 9.73. The van der Waals surface area contributed by atoms with E-state index >= 15 is 0 Å². The Morgan fingerprint density at radius 1 is 1.21 bits per heavy atom. The fourth-order valence-electron chi connectivity index (χ4n) is 3.18. The first-order valence-corrected chi connectivity index (χ1v) is 9.72. The monoisotopic (exact) mass is 337 g/mol. The van der Waals surface area contributed by atoms with Crippen LogP contribution in [0.2, 0.25) is 0 Å². The van der Waals surface area contributed by atoms with Crippen molar-refractivity contribution in [2.24, 2.45) is 4.99 Å². The second kappa shape index (κ2) is 12.3. The molecule has 1 aliphatic heterocycles. The van der Waals surface area contributed by atoms with E-state index in [1.165, 1.54) is 24.8 Å². The van der Waals surface area contributed by atoms with Crippen LogP contribution in [0.15, 0.2) is 17.1 Å². The third-order valence-electron chi connectivity index (χ3n) is 4.44. The lowest BCUT2D eigenvalue weighted by molar-refractivity contribution is 0.221. The lowest BCUT2D eigenvalue weighted by atomic mass is 10.0. The third-order valence-corrected chi connectivity index (χ3v) is 4.44. The lowest BCUT2D eigenvalue weighted by Gasteiger charge is -2.33. The summed E-state index contributed by atoms with van der Waals surface area (Å²) in [6.45, 7) is 21.1. The number of hydrogen-bond acceptors (Lipinski definition) is 3. The van der Waals surface area contributed by atoms with Gasteiger partial charge in [0.25, 0.3) is 0 Å². The van der Waals surface area contributed by atoms with Crippen LogP contribution in [-0.2, 0) is 0 Å². The number of nitrogens with zero attached hydrogens (tertiary/aromatic N) is 3. The summed E-state index contributed by atoms with van der Waals surface area (Å²) in [7, 11) is 0. The van der Waals surface area contributed by atoms with Crippen LogP contribution >= 0.6 is 0 Å². The molecule has 1 fully saturated rings. The summed E-state index contributed by atoms with van der Waals surface area (Å²) >= 11 is 0. The molecule has 1 heterocycles. The summed E-state index contributed by atoms with van der Waals surface area (Å²) in [6, 6.07) is 0.530. The van der Waals surface area contributed by atoms with Gasteiger partial charge in [-0.15, -0.1) is 0 Å². The van der Waals surface area contributed by atoms with Gasteiger partial charge in [0.2, 0.25) is 0 Å². The number of nitrogens with one attached hydrogen (secondary N) is 2. The maximum atomic E-state index is 4.77. The van der Waals surface area contributed by atoms with Crippen molar-refractivity contribution in [1.29, 1.82) is 0 Å². The first kappa shape index (κ1) is 21.0. The average Bonchev–Trinajstić information content (AvgIpc) is 2.55. The lowest BCUT2D eigenvalue weighted by Crippen LogP contribution is -2.49. The standard InChI is InChI=1S/C19H39N5/c1-6-12-23(8-3)15-11-21-19(20-7-2)22-18-9-13-24(14-10-18)16-17(4)5/h18H,4,6-16H2,1-3,5H3,(H2,20,21,22). The molecule has 1 aliphatic rings. The Morgan fingerprint density at radius 3 is 2.46 bits per heavy atom. The quantitative estimate of drug-likeness (QED) is 0.365.